The maximum Gasteiger partial charge on any atom is 0.0332 e. The second kappa shape index (κ2) is 5.34. The molecule has 2 unspecified atom stereocenters. The van der Waals surface area contributed by atoms with Crippen LogP contribution in [0.2, 0.25) is 0 Å². The van der Waals surface area contributed by atoms with Gasteiger partial charge in [0.25, 0.3) is 0 Å². The third kappa shape index (κ3) is 2.98. The molecule has 0 aromatic heterocycles. The molecule has 2 rings (SSSR count). The van der Waals surface area contributed by atoms with Gasteiger partial charge in [-0.15, -0.1) is 0 Å². The van der Waals surface area contributed by atoms with E-state index in [1.54, 1.807) is 0 Å². The third-order valence-electron chi connectivity index (χ3n) is 5.82. The van der Waals surface area contributed by atoms with E-state index in [0.717, 1.165) is 12.5 Å². The fourth-order valence-corrected chi connectivity index (χ4v) is 4.05. The van der Waals surface area contributed by atoms with Crippen LogP contribution in [0.5, 0.6) is 0 Å². The maximum atomic E-state index is 6.22. The molecule has 112 valence electrons. The minimum absolute atomic E-state index is 0.286. The van der Waals surface area contributed by atoms with Crippen LogP contribution in [-0.4, -0.2) is 55.1 Å². The van der Waals surface area contributed by atoms with Crippen molar-refractivity contribution in [1.29, 1.82) is 0 Å². The zero-order valence-corrected chi connectivity index (χ0v) is 13.6. The summed E-state index contributed by atoms with van der Waals surface area (Å²) < 4.78 is 0. The zero-order valence-electron chi connectivity index (χ0n) is 13.6. The van der Waals surface area contributed by atoms with Crippen molar-refractivity contribution in [1.82, 2.24) is 9.80 Å². The van der Waals surface area contributed by atoms with Gasteiger partial charge in [-0.2, -0.15) is 0 Å². The van der Waals surface area contributed by atoms with Gasteiger partial charge in [0.1, 0.15) is 0 Å². The Morgan fingerprint density at radius 2 is 1.68 bits per heavy atom. The molecular formula is C16H33N3. The number of nitrogens with zero attached hydrogens (tertiary/aromatic N) is 2. The first-order valence-corrected chi connectivity index (χ1v) is 7.91. The summed E-state index contributed by atoms with van der Waals surface area (Å²) in [5.41, 5.74) is 7.02. The van der Waals surface area contributed by atoms with E-state index in [2.05, 4.69) is 44.7 Å². The van der Waals surface area contributed by atoms with E-state index in [9.17, 15) is 0 Å². The van der Waals surface area contributed by atoms with E-state index in [0.29, 0.717) is 11.5 Å². The number of nitrogens with two attached hydrogens (primary N) is 1. The molecule has 0 bridgehead atoms. The van der Waals surface area contributed by atoms with Crippen LogP contribution in [0.3, 0.4) is 0 Å². The molecule has 3 nitrogen and oxygen atoms in total. The van der Waals surface area contributed by atoms with Crippen molar-refractivity contribution in [3.8, 4) is 0 Å². The number of likely N-dealkylation sites (N-methyl/N-ethyl adjacent to an activating group) is 1. The Morgan fingerprint density at radius 1 is 1.11 bits per heavy atom. The first kappa shape index (κ1) is 15.3. The van der Waals surface area contributed by atoms with Crippen molar-refractivity contribution >= 4 is 0 Å². The van der Waals surface area contributed by atoms with E-state index < -0.39 is 0 Å². The molecule has 2 N–H and O–H groups in total. The van der Waals surface area contributed by atoms with Crippen LogP contribution in [0.25, 0.3) is 0 Å². The van der Waals surface area contributed by atoms with Gasteiger partial charge in [0.05, 0.1) is 0 Å². The number of hydrogen-bond donors (Lipinski definition) is 1. The normalized spacial score (nSPS) is 34.9. The van der Waals surface area contributed by atoms with Crippen LogP contribution in [0.15, 0.2) is 0 Å². The average molecular weight is 267 g/mol. The SMILES string of the molecule is CC1CN(C2(CN)CCC(C)(C)CC2)CC1N(C)C. The molecular weight excluding hydrogens is 234 g/mol. The topological polar surface area (TPSA) is 32.5 Å². The van der Waals surface area contributed by atoms with Crippen LogP contribution >= 0.6 is 0 Å². The molecule has 1 aliphatic heterocycles. The molecule has 19 heavy (non-hydrogen) atoms. The summed E-state index contributed by atoms with van der Waals surface area (Å²) in [6, 6.07) is 0.693. The summed E-state index contributed by atoms with van der Waals surface area (Å²) >= 11 is 0. The summed E-state index contributed by atoms with van der Waals surface area (Å²) in [5, 5.41) is 0. The summed E-state index contributed by atoms with van der Waals surface area (Å²) in [4.78, 5) is 5.11. The van der Waals surface area contributed by atoms with Crippen molar-refractivity contribution in [3.63, 3.8) is 0 Å². The lowest BCUT2D eigenvalue weighted by molar-refractivity contribution is 0.0349. The molecule has 1 heterocycles. The van der Waals surface area contributed by atoms with Crippen LogP contribution in [0.1, 0.15) is 46.5 Å². The largest absolute Gasteiger partial charge is 0.329 e. The molecule has 2 aliphatic rings. The van der Waals surface area contributed by atoms with Crippen LogP contribution in [-0.2, 0) is 0 Å². The lowest BCUT2D eigenvalue weighted by atomic mass is 9.69. The molecule has 1 aliphatic carbocycles. The van der Waals surface area contributed by atoms with Gasteiger partial charge in [0.15, 0.2) is 0 Å². The lowest BCUT2D eigenvalue weighted by Crippen LogP contribution is -2.56. The number of hydrogen-bond acceptors (Lipinski definition) is 3. The highest BCUT2D eigenvalue weighted by molar-refractivity contribution is 5.02. The molecule has 0 aromatic rings. The van der Waals surface area contributed by atoms with Gasteiger partial charge in [-0.05, 0) is 51.1 Å². The standard InChI is InChI=1S/C16H33N3/c1-13-10-19(11-14(13)18(4)5)16(12-17)8-6-15(2,3)7-9-16/h13-14H,6-12,17H2,1-5H3. The Balaban J connectivity index is 2.07. The highest BCUT2D eigenvalue weighted by Crippen LogP contribution is 2.44. The van der Waals surface area contributed by atoms with Gasteiger partial charge >= 0.3 is 0 Å². The monoisotopic (exact) mass is 267 g/mol. The van der Waals surface area contributed by atoms with E-state index >= 15 is 0 Å². The average Bonchev–Trinajstić information content (AvgIpc) is 2.73. The van der Waals surface area contributed by atoms with Crippen molar-refractivity contribution in [2.24, 2.45) is 17.1 Å². The Hall–Kier alpha value is -0.120. The van der Waals surface area contributed by atoms with E-state index in [1.165, 1.54) is 38.8 Å². The Kier molecular flexibility index (Phi) is 4.29. The van der Waals surface area contributed by atoms with Gasteiger partial charge in [0, 0.05) is 31.2 Å². The molecule has 2 atom stereocenters. The smallest absolute Gasteiger partial charge is 0.0332 e. The number of rotatable bonds is 3. The second-order valence-electron chi connectivity index (χ2n) is 8.01. The van der Waals surface area contributed by atoms with Crippen LogP contribution in [0, 0.1) is 11.3 Å². The fourth-order valence-electron chi connectivity index (χ4n) is 4.05. The Bertz CT molecular complexity index is 301. The van der Waals surface area contributed by atoms with E-state index in [1.807, 2.05) is 0 Å². The highest BCUT2D eigenvalue weighted by Gasteiger charge is 2.46. The van der Waals surface area contributed by atoms with Crippen LogP contribution < -0.4 is 5.73 Å². The van der Waals surface area contributed by atoms with Gasteiger partial charge in [-0.1, -0.05) is 20.8 Å². The molecule has 0 amide bonds. The third-order valence-corrected chi connectivity index (χ3v) is 5.82. The molecule has 1 saturated heterocycles. The minimum Gasteiger partial charge on any atom is -0.329 e. The van der Waals surface area contributed by atoms with Crippen LogP contribution in [0.4, 0.5) is 0 Å². The molecule has 0 aromatic carbocycles. The maximum absolute atomic E-state index is 6.22. The Labute approximate surface area is 119 Å². The summed E-state index contributed by atoms with van der Waals surface area (Å²) in [6.45, 7) is 10.5. The molecule has 3 heteroatoms. The molecule has 0 spiro atoms. The van der Waals surface area contributed by atoms with Gasteiger partial charge in [-0.3, -0.25) is 4.90 Å². The predicted molar refractivity (Wildman–Crippen MR) is 82.2 cm³/mol. The second-order valence-corrected chi connectivity index (χ2v) is 8.01. The van der Waals surface area contributed by atoms with Crippen molar-refractivity contribution < 1.29 is 0 Å². The van der Waals surface area contributed by atoms with Gasteiger partial charge in [0.2, 0.25) is 0 Å². The first-order chi connectivity index (χ1) is 8.80. The number of likely N-dealkylation sites (tertiary alicyclic amines) is 1. The lowest BCUT2D eigenvalue weighted by Gasteiger charge is -2.48. The van der Waals surface area contributed by atoms with Gasteiger partial charge < -0.3 is 10.6 Å². The van der Waals surface area contributed by atoms with Crippen molar-refractivity contribution in [3.05, 3.63) is 0 Å². The summed E-state index contributed by atoms with van der Waals surface area (Å²) in [7, 11) is 4.42. The van der Waals surface area contributed by atoms with Crippen molar-refractivity contribution in [2.45, 2.75) is 58.0 Å². The fraction of sp³-hybridized carbons (Fsp3) is 1.00. The molecule has 1 saturated carbocycles. The summed E-state index contributed by atoms with van der Waals surface area (Å²) in [5.74, 6) is 0.758. The highest BCUT2D eigenvalue weighted by atomic mass is 15.3. The minimum atomic E-state index is 0.286. The quantitative estimate of drug-likeness (QED) is 0.850. The van der Waals surface area contributed by atoms with Crippen molar-refractivity contribution in [2.75, 3.05) is 33.7 Å². The summed E-state index contributed by atoms with van der Waals surface area (Å²) in [6.07, 6.45) is 5.20. The molecule has 0 radical (unpaired) electrons. The zero-order chi connectivity index (χ0) is 14.3. The Morgan fingerprint density at radius 3 is 2.11 bits per heavy atom. The van der Waals surface area contributed by atoms with Gasteiger partial charge in [-0.25, -0.2) is 0 Å². The predicted octanol–water partition coefficient (Wildman–Crippen LogP) is 2.17. The van der Waals surface area contributed by atoms with E-state index in [-0.39, 0.29) is 5.54 Å². The first-order valence-electron chi connectivity index (χ1n) is 7.91. The molecule has 2 fully saturated rings. The van der Waals surface area contributed by atoms with E-state index in [4.69, 9.17) is 5.73 Å².